The summed E-state index contributed by atoms with van der Waals surface area (Å²) >= 11 is 3.37. The fourth-order valence-corrected chi connectivity index (χ4v) is 2.41. The first-order valence-electron chi connectivity index (χ1n) is 5.11. The minimum Gasteiger partial charge on any atom is -0.465 e. The van der Waals surface area contributed by atoms with E-state index in [9.17, 15) is 5.11 Å². The highest BCUT2D eigenvalue weighted by Gasteiger charge is 2.31. The lowest BCUT2D eigenvalue weighted by molar-refractivity contribution is 0.0373. The number of furan rings is 1. The molecule has 0 spiro atoms. The molecule has 2 nitrogen and oxygen atoms in total. The van der Waals surface area contributed by atoms with Crippen LogP contribution in [0.5, 0.6) is 0 Å². The third-order valence-electron chi connectivity index (χ3n) is 3.30. The van der Waals surface area contributed by atoms with Gasteiger partial charge in [-0.15, -0.1) is 0 Å². The van der Waals surface area contributed by atoms with E-state index in [1.807, 2.05) is 6.07 Å². The van der Waals surface area contributed by atoms with Gasteiger partial charge in [-0.2, -0.15) is 0 Å². The Morgan fingerprint density at radius 1 is 1.57 bits per heavy atom. The fraction of sp³-hybridized carbons (Fsp3) is 0.636. The van der Waals surface area contributed by atoms with Crippen molar-refractivity contribution in [2.75, 3.05) is 0 Å². The molecule has 3 heteroatoms. The number of rotatable bonds is 3. The maximum absolute atomic E-state index is 10.1. The lowest BCUT2D eigenvalue weighted by Crippen LogP contribution is -2.24. The molecular weight excluding hydrogens is 244 g/mol. The van der Waals surface area contributed by atoms with Crippen LogP contribution in [0.2, 0.25) is 0 Å². The standard InChI is InChI=1S/C11H15BrO2/c1-7(8-3-2-4-8)10(13)11-9(12)5-6-14-11/h5-8,10,13H,2-4H2,1H3. The zero-order chi connectivity index (χ0) is 10.1. The Balaban J connectivity index is 2.07. The molecule has 1 aromatic rings. The summed E-state index contributed by atoms with van der Waals surface area (Å²) in [4.78, 5) is 0. The van der Waals surface area contributed by atoms with Crippen LogP contribution in [0.15, 0.2) is 21.2 Å². The predicted octanol–water partition coefficient (Wildman–Crippen LogP) is 3.51. The van der Waals surface area contributed by atoms with E-state index in [1.165, 1.54) is 19.3 Å². The molecule has 2 atom stereocenters. The van der Waals surface area contributed by atoms with Crippen LogP contribution in [0.25, 0.3) is 0 Å². The molecule has 0 amide bonds. The molecule has 1 saturated carbocycles. The number of halogens is 1. The molecule has 0 bridgehead atoms. The van der Waals surface area contributed by atoms with E-state index in [4.69, 9.17) is 4.42 Å². The summed E-state index contributed by atoms with van der Waals surface area (Å²) in [5, 5.41) is 10.1. The second kappa shape index (κ2) is 4.07. The van der Waals surface area contributed by atoms with Crippen LogP contribution in [0.4, 0.5) is 0 Å². The molecule has 2 rings (SSSR count). The van der Waals surface area contributed by atoms with Gasteiger partial charge in [0.2, 0.25) is 0 Å². The van der Waals surface area contributed by atoms with Crippen molar-refractivity contribution >= 4 is 15.9 Å². The van der Waals surface area contributed by atoms with Gasteiger partial charge in [-0.25, -0.2) is 0 Å². The molecule has 78 valence electrons. The Kier molecular flexibility index (Phi) is 2.98. The molecule has 0 aliphatic heterocycles. The molecule has 0 saturated heterocycles. The minimum atomic E-state index is -0.468. The van der Waals surface area contributed by atoms with Crippen molar-refractivity contribution in [1.82, 2.24) is 0 Å². The van der Waals surface area contributed by atoms with Gasteiger partial charge in [0.05, 0.1) is 10.7 Å². The van der Waals surface area contributed by atoms with Crippen molar-refractivity contribution in [3.05, 3.63) is 22.6 Å². The highest BCUT2D eigenvalue weighted by Crippen LogP contribution is 2.41. The normalized spacial score (nSPS) is 21.6. The molecule has 1 aliphatic carbocycles. The molecule has 1 N–H and O–H groups in total. The molecule has 1 aromatic heterocycles. The van der Waals surface area contributed by atoms with Crippen LogP contribution in [0.3, 0.4) is 0 Å². The van der Waals surface area contributed by atoms with Gasteiger partial charge in [-0.1, -0.05) is 26.2 Å². The van der Waals surface area contributed by atoms with Crippen molar-refractivity contribution in [3.63, 3.8) is 0 Å². The molecule has 1 heterocycles. The van der Waals surface area contributed by atoms with Crippen LogP contribution in [-0.2, 0) is 0 Å². The first kappa shape index (κ1) is 10.2. The zero-order valence-electron chi connectivity index (χ0n) is 8.24. The van der Waals surface area contributed by atoms with Crippen LogP contribution in [0.1, 0.15) is 38.1 Å². The Morgan fingerprint density at radius 2 is 2.29 bits per heavy atom. The fourth-order valence-electron chi connectivity index (χ4n) is 1.98. The van der Waals surface area contributed by atoms with Crippen LogP contribution >= 0.6 is 15.9 Å². The SMILES string of the molecule is CC(C1CCC1)C(O)c1occc1Br. The van der Waals surface area contributed by atoms with Crippen LogP contribution in [-0.4, -0.2) is 5.11 Å². The summed E-state index contributed by atoms with van der Waals surface area (Å²) in [6, 6.07) is 1.83. The Labute approximate surface area is 92.4 Å². The number of hydrogen-bond donors (Lipinski definition) is 1. The second-order valence-corrected chi connectivity index (χ2v) is 4.98. The van der Waals surface area contributed by atoms with Crippen LogP contribution < -0.4 is 0 Å². The van der Waals surface area contributed by atoms with E-state index < -0.39 is 6.10 Å². The summed E-state index contributed by atoms with van der Waals surface area (Å²) in [5.41, 5.74) is 0. The zero-order valence-corrected chi connectivity index (χ0v) is 9.83. The van der Waals surface area contributed by atoms with Gasteiger partial charge in [0, 0.05) is 0 Å². The maximum Gasteiger partial charge on any atom is 0.146 e. The van der Waals surface area contributed by atoms with Gasteiger partial charge >= 0.3 is 0 Å². The average molecular weight is 259 g/mol. The topological polar surface area (TPSA) is 33.4 Å². The van der Waals surface area contributed by atoms with Gasteiger partial charge in [0.25, 0.3) is 0 Å². The summed E-state index contributed by atoms with van der Waals surface area (Å²) in [6.07, 6.45) is 4.94. The lowest BCUT2D eigenvalue weighted by atomic mass is 9.74. The molecule has 1 aliphatic rings. The largest absolute Gasteiger partial charge is 0.465 e. The summed E-state index contributed by atoms with van der Waals surface area (Å²) in [7, 11) is 0. The first-order chi connectivity index (χ1) is 6.70. The maximum atomic E-state index is 10.1. The van der Waals surface area contributed by atoms with Gasteiger partial charge < -0.3 is 9.52 Å². The predicted molar refractivity (Wildman–Crippen MR) is 57.9 cm³/mol. The van der Waals surface area contributed by atoms with E-state index >= 15 is 0 Å². The molecule has 0 radical (unpaired) electrons. The van der Waals surface area contributed by atoms with Crippen molar-refractivity contribution in [2.24, 2.45) is 11.8 Å². The summed E-state index contributed by atoms with van der Waals surface area (Å²) in [6.45, 7) is 2.10. The summed E-state index contributed by atoms with van der Waals surface area (Å²) < 4.78 is 6.14. The van der Waals surface area contributed by atoms with Crippen molar-refractivity contribution in [3.8, 4) is 0 Å². The highest BCUT2D eigenvalue weighted by atomic mass is 79.9. The van der Waals surface area contributed by atoms with Gasteiger partial charge in [-0.3, -0.25) is 0 Å². The lowest BCUT2D eigenvalue weighted by Gasteiger charge is -2.33. The Hall–Kier alpha value is -0.280. The van der Waals surface area contributed by atoms with Crippen molar-refractivity contribution in [2.45, 2.75) is 32.3 Å². The molecule has 0 aromatic carbocycles. The third-order valence-corrected chi connectivity index (χ3v) is 3.96. The average Bonchev–Trinajstić information content (AvgIpc) is 2.47. The van der Waals surface area contributed by atoms with Crippen molar-refractivity contribution < 1.29 is 9.52 Å². The number of aliphatic hydroxyl groups is 1. The molecular formula is C11H15BrO2. The van der Waals surface area contributed by atoms with E-state index in [0.717, 1.165) is 4.47 Å². The monoisotopic (exact) mass is 258 g/mol. The van der Waals surface area contributed by atoms with Crippen LogP contribution in [0, 0.1) is 11.8 Å². The minimum absolute atomic E-state index is 0.297. The van der Waals surface area contributed by atoms with Gasteiger partial charge in [-0.05, 0) is 33.8 Å². The highest BCUT2D eigenvalue weighted by molar-refractivity contribution is 9.10. The van der Waals surface area contributed by atoms with Gasteiger partial charge in [0.15, 0.2) is 0 Å². The molecule has 14 heavy (non-hydrogen) atoms. The summed E-state index contributed by atoms with van der Waals surface area (Å²) in [5.74, 6) is 1.64. The van der Waals surface area contributed by atoms with E-state index in [-0.39, 0.29) is 0 Å². The Morgan fingerprint density at radius 3 is 2.71 bits per heavy atom. The van der Waals surface area contributed by atoms with E-state index in [2.05, 4.69) is 22.9 Å². The third kappa shape index (κ3) is 1.75. The van der Waals surface area contributed by atoms with E-state index in [0.29, 0.717) is 17.6 Å². The first-order valence-corrected chi connectivity index (χ1v) is 5.90. The Bertz CT molecular complexity index is 304. The molecule has 1 fully saturated rings. The quantitative estimate of drug-likeness (QED) is 0.901. The van der Waals surface area contributed by atoms with Crippen molar-refractivity contribution in [1.29, 1.82) is 0 Å². The number of hydrogen-bond acceptors (Lipinski definition) is 2. The smallest absolute Gasteiger partial charge is 0.146 e. The van der Waals surface area contributed by atoms with Gasteiger partial charge in [0.1, 0.15) is 11.9 Å². The van der Waals surface area contributed by atoms with E-state index in [1.54, 1.807) is 6.26 Å². The number of aliphatic hydroxyl groups excluding tert-OH is 1. The molecule has 2 unspecified atom stereocenters. The second-order valence-electron chi connectivity index (χ2n) is 4.13.